The molecular weight excluding hydrogens is 249 g/mol. The van der Waals surface area contributed by atoms with Crippen molar-refractivity contribution in [2.75, 3.05) is 6.54 Å². The van der Waals surface area contributed by atoms with E-state index in [-0.39, 0.29) is 17.5 Å². The first-order chi connectivity index (χ1) is 8.91. The summed E-state index contributed by atoms with van der Waals surface area (Å²) in [6.45, 7) is 3.74. The lowest BCUT2D eigenvalue weighted by Gasteiger charge is -2.23. The number of hydrogen-bond donors (Lipinski definition) is 1. The Morgan fingerprint density at radius 3 is 2.63 bits per heavy atom. The molecule has 1 amide bonds. The maximum Gasteiger partial charge on any atom is 0.308 e. The number of likely N-dealkylation sites (tertiary alicyclic amines) is 1. The maximum atomic E-state index is 13.5. The quantitative estimate of drug-likeness (QED) is 0.890. The molecule has 1 N–H and O–H groups in total. The Balaban J connectivity index is 2.21. The number of aryl methyl sites for hydroxylation is 1. The molecule has 102 valence electrons. The first-order valence-corrected chi connectivity index (χ1v) is 6.21. The molecule has 1 aliphatic rings. The monoisotopic (exact) mass is 265 g/mol. The molecule has 1 aliphatic heterocycles. The van der Waals surface area contributed by atoms with E-state index in [1.54, 1.807) is 26.0 Å². The first kappa shape index (κ1) is 13.5. The van der Waals surface area contributed by atoms with Crippen molar-refractivity contribution < 1.29 is 19.1 Å². The zero-order valence-electron chi connectivity index (χ0n) is 10.9. The molecular formula is C14H16FNO3. The smallest absolute Gasteiger partial charge is 0.308 e. The van der Waals surface area contributed by atoms with Crippen molar-refractivity contribution in [1.29, 1.82) is 0 Å². The Labute approximate surface area is 110 Å². The Kier molecular flexibility index (Phi) is 3.55. The summed E-state index contributed by atoms with van der Waals surface area (Å²) in [5, 5.41) is 9.04. The van der Waals surface area contributed by atoms with Gasteiger partial charge in [0.1, 0.15) is 5.82 Å². The molecule has 0 aromatic heterocycles. The van der Waals surface area contributed by atoms with Gasteiger partial charge in [-0.3, -0.25) is 9.59 Å². The van der Waals surface area contributed by atoms with Crippen molar-refractivity contribution in [3.8, 4) is 0 Å². The van der Waals surface area contributed by atoms with E-state index in [0.29, 0.717) is 18.5 Å². The van der Waals surface area contributed by atoms with Gasteiger partial charge in [-0.15, -0.1) is 0 Å². The number of carbonyl (C=O) groups is 2. The third-order valence-electron chi connectivity index (χ3n) is 3.75. The molecule has 1 aromatic carbocycles. The van der Waals surface area contributed by atoms with Gasteiger partial charge in [0.05, 0.1) is 5.92 Å². The number of carbonyl (C=O) groups excluding carboxylic acids is 1. The molecule has 0 bridgehead atoms. The van der Waals surface area contributed by atoms with E-state index < -0.39 is 17.7 Å². The van der Waals surface area contributed by atoms with Crippen LogP contribution in [0.4, 0.5) is 4.39 Å². The SMILES string of the molecule is Cc1ccc(C(=O)N2CCC(C(=O)O)C2C)cc1F. The van der Waals surface area contributed by atoms with Crippen LogP contribution in [0.15, 0.2) is 18.2 Å². The number of carboxylic acid groups (broad SMARTS) is 1. The second-order valence-electron chi connectivity index (χ2n) is 4.94. The van der Waals surface area contributed by atoms with Crippen molar-refractivity contribution >= 4 is 11.9 Å². The van der Waals surface area contributed by atoms with Gasteiger partial charge in [0.25, 0.3) is 5.91 Å². The molecule has 2 atom stereocenters. The largest absolute Gasteiger partial charge is 0.481 e. The highest BCUT2D eigenvalue weighted by molar-refractivity contribution is 5.95. The summed E-state index contributed by atoms with van der Waals surface area (Å²) in [4.78, 5) is 24.8. The Morgan fingerprint density at radius 2 is 2.11 bits per heavy atom. The molecule has 1 aromatic rings. The van der Waals surface area contributed by atoms with Gasteiger partial charge in [0.15, 0.2) is 0 Å². The summed E-state index contributed by atoms with van der Waals surface area (Å²) in [6, 6.07) is 3.97. The normalized spacial score (nSPS) is 22.6. The van der Waals surface area contributed by atoms with Crippen LogP contribution in [0.3, 0.4) is 0 Å². The zero-order valence-corrected chi connectivity index (χ0v) is 10.9. The molecule has 19 heavy (non-hydrogen) atoms. The lowest BCUT2D eigenvalue weighted by Crippen LogP contribution is -2.37. The predicted octanol–water partition coefficient (Wildman–Crippen LogP) is 2.07. The Hall–Kier alpha value is -1.91. The lowest BCUT2D eigenvalue weighted by atomic mass is 10.0. The summed E-state index contributed by atoms with van der Waals surface area (Å²) in [5.74, 6) is -2.17. The molecule has 0 radical (unpaired) electrons. The minimum absolute atomic E-state index is 0.265. The van der Waals surface area contributed by atoms with Crippen LogP contribution in [0.1, 0.15) is 29.3 Å². The van der Waals surface area contributed by atoms with Crippen LogP contribution in [-0.2, 0) is 4.79 Å². The van der Waals surface area contributed by atoms with Crippen LogP contribution in [0.5, 0.6) is 0 Å². The summed E-state index contributed by atoms with van der Waals surface area (Å²) >= 11 is 0. The van der Waals surface area contributed by atoms with Gasteiger partial charge in [-0.05, 0) is 38.0 Å². The van der Waals surface area contributed by atoms with Gasteiger partial charge < -0.3 is 10.0 Å². The highest BCUT2D eigenvalue weighted by Crippen LogP contribution is 2.26. The van der Waals surface area contributed by atoms with Crippen molar-refractivity contribution in [2.24, 2.45) is 5.92 Å². The lowest BCUT2D eigenvalue weighted by molar-refractivity contribution is -0.142. The van der Waals surface area contributed by atoms with E-state index in [2.05, 4.69) is 0 Å². The molecule has 5 heteroatoms. The summed E-state index contributed by atoms with van der Waals surface area (Å²) in [7, 11) is 0. The van der Waals surface area contributed by atoms with Crippen molar-refractivity contribution in [1.82, 2.24) is 4.90 Å². The number of benzene rings is 1. The summed E-state index contributed by atoms with van der Waals surface area (Å²) < 4.78 is 13.5. The van der Waals surface area contributed by atoms with Gasteiger partial charge in [-0.1, -0.05) is 6.07 Å². The van der Waals surface area contributed by atoms with Crippen LogP contribution >= 0.6 is 0 Å². The molecule has 1 heterocycles. The number of hydrogen-bond acceptors (Lipinski definition) is 2. The Bertz CT molecular complexity index is 529. The zero-order chi connectivity index (χ0) is 14.2. The molecule has 0 aliphatic carbocycles. The molecule has 1 fully saturated rings. The van der Waals surface area contributed by atoms with Gasteiger partial charge in [0, 0.05) is 18.2 Å². The van der Waals surface area contributed by atoms with Gasteiger partial charge >= 0.3 is 5.97 Å². The van der Waals surface area contributed by atoms with E-state index in [9.17, 15) is 14.0 Å². The first-order valence-electron chi connectivity index (χ1n) is 6.21. The predicted molar refractivity (Wildman–Crippen MR) is 67.4 cm³/mol. The average molecular weight is 265 g/mol. The van der Waals surface area contributed by atoms with Crippen LogP contribution in [0.2, 0.25) is 0 Å². The number of nitrogens with zero attached hydrogens (tertiary/aromatic N) is 1. The summed E-state index contributed by atoms with van der Waals surface area (Å²) in [5.41, 5.74) is 0.746. The van der Waals surface area contributed by atoms with E-state index in [4.69, 9.17) is 5.11 Å². The fourth-order valence-electron chi connectivity index (χ4n) is 2.45. The topological polar surface area (TPSA) is 57.6 Å². The molecule has 2 unspecified atom stereocenters. The van der Waals surface area contributed by atoms with Gasteiger partial charge in [-0.25, -0.2) is 4.39 Å². The second-order valence-corrected chi connectivity index (χ2v) is 4.94. The fraction of sp³-hybridized carbons (Fsp3) is 0.429. The summed E-state index contributed by atoms with van der Waals surface area (Å²) in [6.07, 6.45) is 0.441. The van der Waals surface area contributed by atoms with Crippen LogP contribution in [0, 0.1) is 18.7 Å². The standard InChI is InChI=1S/C14H16FNO3/c1-8-3-4-10(7-12(8)15)13(17)16-6-5-11(9(16)2)14(18)19/h3-4,7,9,11H,5-6H2,1-2H3,(H,18,19). The Morgan fingerprint density at radius 1 is 1.42 bits per heavy atom. The van der Waals surface area contributed by atoms with E-state index >= 15 is 0 Å². The highest BCUT2D eigenvalue weighted by Gasteiger charge is 2.38. The second kappa shape index (κ2) is 4.99. The van der Waals surface area contributed by atoms with Crippen molar-refractivity contribution in [2.45, 2.75) is 26.3 Å². The number of halogens is 1. The number of rotatable bonds is 2. The number of carboxylic acids is 1. The minimum Gasteiger partial charge on any atom is -0.481 e. The minimum atomic E-state index is -0.891. The average Bonchev–Trinajstić information content (AvgIpc) is 2.74. The molecule has 4 nitrogen and oxygen atoms in total. The molecule has 2 rings (SSSR count). The maximum absolute atomic E-state index is 13.5. The number of amides is 1. The molecule has 1 saturated heterocycles. The van der Waals surface area contributed by atoms with Crippen LogP contribution < -0.4 is 0 Å². The third-order valence-corrected chi connectivity index (χ3v) is 3.75. The van der Waals surface area contributed by atoms with E-state index in [0.717, 1.165) is 0 Å². The van der Waals surface area contributed by atoms with Crippen LogP contribution in [-0.4, -0.2) is 34.5 Å². The van der Waals surface area contributed by atoms with Gasteiger partial charge in [-0.2, -0.15) is 0 Å². The van der Waals surface area contributed by atoms with E-state index in [1.165, 1.54) is 11.0 Å². The molecule has 0 spiro atoms. The van der Waals surface area contributed by atoms with Crippen LogP contribution in [0.25, 0.3) is 0 Å². The third kappa shape index (κ3) is 2.45. The number of aliphatic carboxylic acids is 1. The fourth-order valence-corrected chi connectivity index (χ4v) is 2.45. The van der Waals surface area contributed by atoms with E-state index in [1.807, 2.05) is 0 Å². The van der Waals surface area contributed by atoms with Crippen molar-refractivity contribution in [3.05, 3.63) is 35.1 Å². The highest BCUT2D eigenvalue weighted by atomic mass is 19.1. The van der Waals surface area contributed by atoms with Gasteiger partial charge in [0.2, 0.25) is 0 Å². The van der Waals surface area contributed by atoms with Crippen molar-refractivity contribution in [3.63, 3.8) is 0 Å². The molecule has 0 saturated carbocycles.